The Morgan fingerprint density at radius 1 is 1.22 bits per heavy atom. The van der Waals surface area contributed by atoms with Crippen molar-refractivity contribution in [2.24, 2.45) is 0 Å². The van der Waals surface area contributed by atoms with Gasteiger partial charge in [0.2, 0.25) is 0 Å². The van der Waals surface area contributed by atoms with Crippen molar-refractivity contribution in [2.45, 2.75) is 0 Å². The van der Waals surface area contributed by atoms with E-state index in [2.05, 4.69) is 8.37 Å². The monoisotopic (exact) mass is 152 g/mol. The van der Waals surface area contributed by atoms with Crippen LogP contribution in [0, 0.1) is 11.8 Å². The van der Waals surface area contributed by atoms with Gasteiger partial charge in [-0.15, -0.1) is 0 Å². The molecular weight excluding hydrogens is 146 g/mol. The Kier molecular flexibility index (Phi) is 6.84. The van der Waals surface area contributed by atoms with Crippen molar-refractivity contribution < 1.29 is 16.8 Å². The fraction of sp³-hybridized carbons (Fsp3) is 0.667. The Morgan fingerprint density at radius 2 is 1.44 bits per heavy atom. The second-order valence-corrected chi connectivity index (χ2v) is 2.22. The van der Waals surface area contributed by atoms with Gasteiger partial charge in [-0.05, 0) is 0 Å². The van der Waals surface area contributed by atoms with E-state index in [0.29, 0.717) is 0 Å². The topological polar surface area (TPSA) is 76.4 Å². The molecule has 0 saturated heterocycles. The minimum atomic E-state index is -3.66. The molecule has 0 aliphatic carbocycles. The summed E-state index contributed by atoms with van der Waals surface area (Å²) in [5, 5.41) is 6.25. The fourth-order valence-corrected chi connectivity index (χ4v) is 0.204. The highest BCUT2D eigenvalue weighted by atomic mass is 32.3. The summed E-state index contributed by atoms with van der Waals surface area (Å²) < 4.78 is 27.5. The van der Waals surface area contributed by atoms with E-state index in [1.165, 1.54) is 0 Å². The highest BCUT2D eigenvalue weighted by Crippen LogP contribution is 1.85. The van der Waals surface area contributed by atoms with E-state index in [-0.39, 0.29) is 0 Å². The van der Waals surface area contributed by atoms with Gasteiger partial charge in [-0.25, -0.2) is 0 Å². The molecule has 0 atom stereocenters. The Hall–Kier alpha value is -0.640. The van der Waals surface area contributed by atoms with Gasteiger partial charge in [0.15, 0.2) is 0 Å². The van der Waals surface area contributed by atoms with Gasteiger partial charge >= 0.3 is 10.4 Å². The summed E-state index contributed by atoms with van der Waals surface area (Å²) in [6.45, 7) is 4.75. The predicted octanol–water partition coefficient (Wildman–Crippen LogP) is -0.380. The second kappa shape index (κ2) is 5.50. The van der Waals surface area contributed by atoms with Gasteiger partial charge in [0.05, 0.1) is 14.2 Å². The van der Waals surface area contributed by atoms with Crippen molar-refractivity contribution in [2.75, 3.05) is 14.2 Å². The molecule has 0 rings (SSSR count). The molecule has 0 unspecified atom stereocenters. The molecule has 6 heteroatoms. The van der Waals surface area contributed by atoms with Gasteiger partial charge in [-0.1, -0.05) is 0 Å². The first-order valence-corrected chi connectivity index (χ1v) is 3.04. The Labute approximate surface area is 54.1 Å². The largest absolute Gasteiger partial charge is 0.512 e. The van der Waals surface area contributed by atoms with Gasteiger partial charge < -0.3 is 11.8 Å². The quantitative estimate of drug-likeness (QED) is 0.504. The Balaban J connectivity index is 0. The average Bonchev–Trinajstić information content (AvgIpc) is 1.93. The van der Waals surface area contributed by atoms with E-state index in [9.17, 15) is 8.42 Å². The first-order valence-electron chi connectivity index (χ1n) is 1.71. The zero-order valence-electron chi connectivity index (χ0n) is 4.99. The van der Waals surface area contributed by atoms with Crippen molar-refractivity contribution in [3.8, 4) is 0 Å². The van der Waals surface area contributed by atoms with Crippen LogP contribution < -0.4 is 0 Å². The lowest BCUT2D eigenvalue weighted by atomic mass is 11.8. The lowest BCUT2D eigenvalue weighted by Gasteiger charge is -1.91. The van der Waals surface area contributed by atoms with Crippen LogP contribution in [0.3, 0.4) is 0 Å². The summed E-state index contributed by atoms with van der Waals surface area (Å²) in [5.74, 6) is 0. The summed E-state index contributed by atoms with van der Waals surface area (Å²) >= 11 is 0. The van der Waals surface area contributed by atoms with Gasteiger partial charge in [0.1, 0.15) is 0 Å². The molecule has 0 aromatic carbocycles. The molecule has 0 heterocycles. The molecule has 5 nitrogen and oxygen atoms in total. The Bertz CT molecular complexity index is 148. The van der Waals surface area contributed by atoms with Crippen LogP contribution in [0.2, 0.25) is 0 Å². The molecule has 0 spiro atoms. The average molecular weight is 152 g/mol. The number of hydrogen-bond acceptors (Lipinski definition) is 5. The van der Waals surface area contributed by atoms with E-state index < -0.39 is 10.4 Å². The molecule has 0 aliphatic heterocycles. The highest BCUT2D eigenvalue weighted by molar-refractivity contribution is 7.81. The zero-order valence-corrected chi connectivity index (χ0v) is 5.80. The van der Waals surface area contributed by atoms with Crippen molar-refractivity contribution in [1.29, 1.82) is 5.26 Å². The smallest absolute Gasteiger partial charge is 0.399 e. The molecule has 0 saturated carbocycles. The van der Waals surface area contributed by atoms with Gasteiger partial charge in [0.25, 0.3) is 0 Å². The van der Waals surface area contributed by atoms with E-state index in [4.69, 9.17) is 11.8 Å². The molecule has 0 amide bonds. The molecule has 0 aromatic rings. The van der Waals surface area contributed by atoms with Gasteiger partial charge in [-0.2, -0.15) is 8.42 Å². The first-order chi connectivity index (χ1) is 4.12. The SMILES string of the molecule is COS(=O)(=O)OC.[C-]#N. The lowest BCUT2D eigenvalue weighted by molar-refractivity contribution is 0.286. The van der Waals surface area contributed by atoms with Gasteiger partial charge in [-0.3, -0.25) is 8.37 Å². The van der Waals surface area contributed by atoms with Crippen LogP contribution in [0.25, 0.3) is 0 Å². The third-order valence-corrected chi connectivity index (χ3v) is 1.22. The van der Waals surface area contributed by atoms with Crippen LogP contribution in [-0.4, -0.2) is 22.6 Å². The summed E-state index contributed by atoms with van der Waals surface area (Å²) in [7, 11) is -1.60. The maximum atomic E-state index is 9.92. The summed E-state index contributed by atoms with van der Waals surface area (Å²) in [5.41, 5.74) is 0. The van der Waals surface area contributed by atoms with Crippen molar-refractivity contribution >= 4 is 10.4 Å². The summed E-state index contributed by atoms with van der Waals surface area (Å²) in [6, 6.07) is 0. The van der Waals surface area contributed by atoms with Crippen molar-refractivity contribution in [3.05, 3.63) is 6.57 Å². The normalized spacial score (nSPS) is 9.33. The molecule has 54 valence electrons. The molecule has 9 heavy (non-hydrogen) atoms. The van der Waals surface area contributed by atoms with Crippen LogP contribution in [0.1, 0.15) is 0 Å². The van der Waals surface area contributed by atoms with Crippen LogP contribution in [0.4, 0.5) is 0 Å². The van der Waals surface area contributed by atoms with Gasteiger partial charge in [0, 0.05) is 0 Å². The number of rotatable bonds is 2. The van der Waals surface area contributed by atoms with Crippen LogP contribution >= 0.6 is 0 Å². The third kappa shape index (κ3) is 7.36. The fourth-order valence-electron chi connectivity index (χ4n) is 0.0680. The first kappa shape index (κ1) is 11.2. The summed E-state index contributed by atoms with van der Waals surface area (Å²) in [4.78, 5) is 0. The predicted molar refractivity (Wildman–Crippen MR) is 27.9 cm³/mol. The zero-order chi connectivity index (χ0) is 7.91. The van der Waals surface area contributed by atoms with Crippen molar-refractivity contribution in [1.82, 2.24) is 0 Å². The molecule has 0 N–H and O–H groups in total. The van der Waals surface area contributed by atoms with Crippen LogP contribution in [-0.2, 0) is 18.8 Å². The number of hydrogen-bond donors (Lipinski definition) is 0. The lowest BCUT2D eigenvalue weighted by Crippen LogP contribution is -2.02. The van der Waals surface area contributed by atoms with E-state index in [0.717, 1.165) is 14.2 Å². The highest BCUT2D eigenvalue weighted by Gasteiger charge is 2.01. The van der Waals surface area contributed by atoms with Crippen LogP contribution in [0.5, 0.6) is 0 Å². The van der Waals surface area contributed by atoms with Crippen molar-refractivity contribution in [3.63, 3.8) is 0 Å². The van der Waals surface area contributed by atoms with E-state index >= 15 is 0 Å². The minimum absolute atomic E-state index is 1.03. The minimum Gasteiger partial charge on any atom is -0.512 e. The molecule has 0 aromatic heterocycles. The van der Waals surface area contributed by atoms with Crippen LogP contribution in [0.15, 0.2) is 0 Å². The Morgan fingerprint density at radius 3 is 1.44 bits per heavy atom. The molecule has 0 aliphatic rings. The molecule has 0 radical (unpaired) electrons. The molecular formula is C3H6NO4S-. The second-order valence-electron chi connectivity index (χ2n) is 0.742. The number of nitrogens with zero attached hydrogens (tertiary/aromatic N) is 1. The standard InChI is InChI=1S/C2H6O4S.CN/c1-5-7(3,4)6-2;1-2/h1-2H3;/q;-1. The maximum Gasteiger partial charge on any atom is 0.399 e. The maximum absolute atomic E-state index is 9.92. The van der Waals surface area contributed by atoms with E-state index in [1.54, 1.807) is 0 Å². The molecule has 0 bridgehead atoms. The summed E-state index contributed by atoms with van der Waals surface area (Å²) in [6.07, 6.45) is 0. The third-order valence-electron chi connectivity index (χ3n) is 0.408. The molecule has 0 fully saturated rings. The van der Waals surface area contributed by atoms with E-state index in [1.807, 2.05) is 0 Å².